The van der Waals surface area contributed by atoms with Crippen molar-refractivity contribution in [2.75, 3.05) is 20.2 Å². The van der Waals surface area contributed by atoms with Gasteiger partial charge in [0, 0.05) is 12.6 Å². The van der Waals surface area contributed by atoms with Gasteiger partial charge in [-0.2, -0.15) is 0 Å². The van der Waals surface area contributed by atoms with Gasteiger partial charge in [-0.25, -0.2) is 0 Å². The number of nitrogens with zero attached hydrogens (tertiary/aromatic N) is 3. The van der Waals surface area contributed by atoms with Crippen LogP contribution < -0.4 is 4.74 Å². The van der Waals surface area contributed by atoms with E-state index in [1.54, 1.807) is 6.92 Å². The zero-order valence-corrected chi connectivity index (χ0v) is 9.58. The Morgan fingerprint density at radius 2 is 2.12 bits per heavy atom. The molecule has 0 unspecified atom stereocenters. The van der Waals surface area contributed by atoms with Crippen molar-refractivity contribution in [1.82, 2.24) is 15.1 Å². The number of hydrogen-bond donors (Lipinski definition) is 1. The molecule has 92 valence electrons. The van der Waals surface area contributed by atoms with Crippen LogP contribution in [-0.4, -0.2) is 52.3 Å². The number of ether oxygens (including phenoxy) is 1. The number of carbonyl (C=O) groups is 2. The van der Waals surface area contributed by atoms with Gasteiger partial charge in [-0.15, -0.1) is 10.2 Å². The maximum atomic E-state index is 11.8. The van der Waals surface area contributed by atoms with Gasteiger partial charge in [-0.05, 0) is 13.0 Å². The minimum atomic E-state index is -1.07. The second kappa shape index (κ2) is 5.78. The van der Waals surface area contributed by atoms with Gasteiger partial charge in [0.15, 0.2) is 5.69 Å². The first-order valence-electron chi connectivity index (χ1n) is 4.97. The van der Waals surface area contributed by atoms with E-state index in [-0.39, 0.29) is 12.2 Å². The number of rotatable bonds is 5. The molecule has 1 N–H and O–H groups in total. The quantitative estimate of drug-likeness (QED) is 0.779. The summed E-state index contributed by atoms with van der Waals surface area (Å²) in [5.41, 5.74) is 0.0916. The Hall–Kier alpha value is -2.18. The van der Waals surface area contributed by atoms with E-state index in [2.05, 4.69) is 10.2 Å². The van der Waals surface area contributed by atoms with Crippen LogP contribution in [0.4, 0.5) is 0 Å². The number of amides is 1. The predicted octanol–water partition coefficient (Wildman–Crippen LogP) is 0.0319. The average molecular weight is 239 g/mol. The van der Waals surface area contributed by atoms with Crippen molar-refractivity contribution in [3.63, 3.8) is 0 Å². The Bertz CT molecular complexity index is 405. The lowest BCUT2D eigenvalue weighted by atomic mass is 10.3. The molecule has 0 aromatic carbocycles. The maximum Gasteiger partial charge on any atom is 0.323 e. The lowest BCUT2D eigenvalue weighted by Crippen LogP contribution is -2.36. The van der Waals surface area contributed by atoms with Crippen LogP contribution in [0.1, 0.15) is 17.4 Å². The van der Waals surface area contributed by atoms with Crippen molar-refractivity contribution >= 4 is 11.9 Å². The van der Waals surface area contributed by atoms with Crippen LogP contribution in [0.5, 0.6) is 5.88 Å². The molecule has 0 saturated carbocycles. The van der Waals surface area contributed by atoms with Gasteiger partial charge < -0.3 is 14.7 Å². The van der Waals surface area contributed by atoms with Gasteiger partial charge in [0.05, 0.1) is 7.11 Å². The normalized spacial score (nSPS) is 9.76. The number of methoxy groups -OCH3 is 1. The molecule has 1 heterocycles. The summed E-state index contributed by atoms with van der Waals surface area (Å²) in [6, 6.07) is 2.94. The standard InChI is InChI=1S/C10H13N3O4/c1-3-13(6-9(14)15)10(16)7-4-5-8(17-2)12-11-7/h4-5H,3,6H2,1-2H3,(H,14,15). The zero-order chi connectivity index (χ0) is 12.8. The van der Waals surface area contributed by atoms with Crippen LogP contribution in [0.15, 0.2) is 12.1 Å². The summed E-state index contributed by atoms with van der Waals surface area (Å²) in [5.74, 6) is -1.24. The van der Waals surface area contributed by atoms with Crippen LogP contribution >= 0.6 is 0 Å². The highest BCUT2D eigenvalue weighted by Gasteiger charge is 2.18. The Labute approximate surface area is 98.0 Å². The van der Waals surface area contributed by atoms with Gasteiger partial charge in [0.25, 0.3) is 5.91 Å². The molecule has 17 heavy (non-hydrogen) atoms. The Kier molecular flexibility index (Phi) is 4.38. The smallest absolute Gasteiger partial charge is 0.323 e. The molecule has 1 aromatic rings. The minimum absolute atomic E-state index is 0.0916. The van der Waals surface area contributed by atoms with E-state index in [1.807, 2.05) is 0 Å². The van der Waals surface area contributed by atoms with Gasteiger partial charge in [-0.3, -0.25) is 9.59 Å². The molecule has 0 aliphatic heterocycles. The fraction of sp³-hybridized carbons (Fsp3) is 0.400. The summed E-state index contributed by atoms with van der Waals surface area (Å²) in [4.78, 5) is 23.6. The van der Waals surface area contributed by atoms with E-state index in [4.69, 9.17) is 9.84 Å². The van der Waals surface area contributed by atoms with Crippen molar-refractivity contribution < 1.29 is 19.4 Å². The van der Waals surface area contributed by atoms with Gasteiger partial charge in [0.2, 0.25) is 5.88 Å². The fourth-order valence-electron chi connectivity index (χ4n) is 1.20. The molecule has 0 bridgehead atoms. The van der Waals surface area contributed by atoms with E-state index in [0.29, 0.717) is 12.4 Å². The highest BCUT2D eigenvalue weighted by Crippen LogP contribution is 2.06. The molecule has 7 heteroatoms. The molecule has 1 rings (SSSR count). The first-order chi connectivity index (χ1) is 8.08. The number of carbonyl (C=O) groups excluding carboxylic acids is 1. The fourth-order valence-corrected chi connectivity index (χ4v) is 1.20. The molecule has 0 spiro atoms. The molecule has 1 amide bonds. The highest BCUT2D eigenvalue weighted by atomic mass is 16.5. The lowest BCUT2D eigenvalue weighted by Gasteiger charge is -2.17. The van der Waals surface area contributed by atoms with Crippen LogP contribution in [-0.2, 0) is 4.79 Å². The number of likely N-dealkylation sites (N-methyl/N-ethyl adjacent to an activating group) is 1. The van der Waals surface area contributed by atoms with Crippen LogP contribution in [0.3, 0.4) is 0 Å². The van der Waals surface area contributed by atoms with Crippen LogP contribution in [0, 0.1) is 0 Å². The topological polar surface area (TPSA) is 92.6 Å². The summed E-state index contributed by atoms with van der Waals surface area (Å²) in [6.45, 7) is 1.62. The second-order valence-corrected chi connectivity index (χ2v) is 3.17. The Balaban J connectivity index is 2.82. The second-order valence-electron chi connectivity index (χ2n) is 3.17. The summed E-state index contributed by atoms with van der Waals surface area (Å²) in [5, 5.41) is 16.0. The summed E-state index contributed by atoms with van der Waals surface area (Å²) < 4.78 is 4.81. The molecular formula is C10H13N3O4. The third kappa shape index (κ3) is 3.40. The predicted molar refractivity (Wildman–Crippen MR) is 57.8 cm³/mol. The van der Waals surface area contributed by atoms with Crippen molar-refractivity contribution in [2.24, 2.45) is 0 Å². The molecular weight excluding hydrogens is 226 g/mol. The Morgan fingerprint density at radius 3 is 2.53 bits per heavy atom. The first-order valence-corrected chi connectivity index (χ1v) is 4.97. The molecule has 0 aliphatic carbocycles. The van der Waals surface area contributed by atoms with Crippen molar-refractivity contribution in [3.8, 4) is 5.88 Å². The number of carboxylic acids is 1. The third-order valence-electron chi connectivity index (χ3n) is 2.06. The van der Waals surface area contributed by atoms with Crippen LogP contribution in [0.25, 0.3) is 0 Å². The van der Waals surface area contributed by atoms with E-state index in [9.17, 15) is 9.59 Å². The van der Waals surface area contributed by atoms with E-state index in [1.165, 1.54) is 24.1 Å². The largest absolute Gasteiger partial charge is 0.480 e. The number of aromatic nitrogens is 2. The van der Waals surface area contributed by atoms with E-state index < -0.39 is 11.9 Å². The third-order valence-corrected chi connectivity index (χ3v) is 2.06. The first kappa shape index (κ1) is 12.9. The van der Waals surface area contributed by atoms with Gasteiger partial charge in [-0.1, -0.05) is 0 Å². The molecule has 0 aliphatic rings. The van der Waals surface area contributed by atoms with Crippen LogP contribution in [0.2, 0.25) is 0 Å². The van der Waals surface area contributed by atoms with E-state index in [0.717, 1.165) is 0 Å². The molecule has 0 fully saturated rings. The number of hydrogen-bond acceptors (Lipinski definition) is 5. The summed E-state index contributed by atoms with van der Waals surface area (Å²) in [7, 11) is 1.44. The molecule has 0 saturated heterocycles. The molecule has 1 aromatic heterocycles. The van der Waals surface area contributed by atoms with E-state index >= 15 is 0 Å². The monoisotopic (exact) mass is 239 g/mol. The van der Waals surface area contributed by atoms with Gasteiger partial charge in [0.1, 0.15) is 6.54 Å². The Morgan fingerprint density at radius 1 is 1.41 bits per heavy atom. The molecule has 0 atom stereocenters. The SMILES string of the molecule is CCN(CC(=O)O)C(=O)c1ccc(OC)nn1. The lowest BCUT2D eigenvalue weighted by molar-refractivity contribution is -0.137. The number of carboxylic acid groups (broad SMARTS) is 1. The van der Waals surface area contributed by atoms with Crippen molar-refractivity contribution in [2.45, 2.75) is 6.92 Å². The summed E-state index contributed by atoms with van der Waals surface area (Å²) >= 11 is 0. The number of aliphatic carboxylic acids is 1. The van der Waals surface area contributed by atoms with Crippen molar-refractivity contribution in [1.29, 1.82) is 0 Å². The van der Waals surface area contributed by atoms with Crippen molar-refractivity contribution in [3.05, 3.63) is 17.8 Å². The highest BCUT2D eigenvalue weighted by molar-refractivity contribution is 5.93. The average Bonchev–Trinajstić information content (AvgIpc) is 2.35. The maximum absolute atomic E-state index is 11.8. The molecule has 0 radical (unpaired) electrons. The van der Waals surface area contributed by atoms with Gasteiger partial charge >= 0.3 is 5.97 Å². The summed E-state index contributed by atoms with van der Waals surface area (Å²) in [6.07, 6.45) is 0. The minimum Gasteiger partial charge on any atom is -0.480 e. The zero-order valence-electron chi connectivity index (χ0n) is 9.58. The molecule has 7 nitrogen and oxygen atoms in total.